The first-order valence-corrected chi connectivity index (χ1v) is 10.4. The topological polar surface area (TPSA) is 152 Å². The SMILES string of the molecule is CC[C@@H](Nc1c(Nc2ccc(Cl)c(S(N)(=O)=O)c2O)c(=O)c1=O)c1ccc(C)o1. The number of phenolic OH excluding ortho intramolecular Hbond substituents is 1. The standard InChI is InChI=1S/C18H18ClN3O6S/c1-3-10(12-7-4-8(2)28-12)21-13-14(17(25)16(13)24)22-11-6-5-9(19)18(15(11)23)29(20,26)27/h4-7,10,21-23H,3H2,1-2H3,(H2,20,26,27)/t10-/m1/s1. The third-order valence-electron chi connectivity index (χ3n) is 4.37. The molecule has 0 spiro atoms. The molecular formula is C18H18ClN3O6S. The third kappa shape index (κ3) is 3.86. The maximum absolute atomic E-state index is 12.1. The van der Waals surface area contributed by atoms with Crippen molar-refractivity contribution in [3.63, 3.8) is 0 Å². The predicted molar refractivity (Wildman–Crippen MR) is 109 cm³/mol. The monoisotopic (exact) mass is 439 g/mol. The summed E-state index contributed by atoms with van der Waals surface area (Å²) in [6.07, 6.45) is 0.562. The Kier molecular flexibility index (Phi) is 5.44. The highest BCUT2D eigenvalue weighted by Crippen LogP contribution is 2.38. The van der Waals surface area contributed by atoms with Crippen molar-refractivity contribution in [3.8, 4) is 5.75 Å². The minimum atomic E-state index is -4.32. The molecule has 2 aromatic carbocycles. The lowest BCUT2D eigenvalue weighted by Crippen LogP contribution is -2.37. The summed E-state index contributed by atoms with van der Waals surface area (Å²) in [5, 5.41) is 20.6. The van der Waals surface area contributed by atoms with E-state index in [0.29, 0.717) is 17.9 Å². The van der Waals surface area contributed by atoms with Crippen LogP contribution in [0.4, 0.5) is 17.1 Å². The van der Waals surface area contributed by atoms with Gasteiger partial charge in [0.05, 0.1) is 16.8 Å². The molecule has 5 N–H and O–H groups in total. The van der Waals surface area contributed by atoms with E-state index in [0.717, 1.165) is 0 Å². The molecule has 1 aromatic heterocycles. The Morgan fingerprint density at radius 3 is 2.38 bits per heavy atom. The quantitative estimate of drug-likeness (QED) is 0.323. The van der Waals surface area contributed by atoms with Crippen molar-refractivity contribution in [2.24, 2.45) is 5.14 Å². The maximum Gasteiger partial charge on any atom is 0.253 e. The fraction of sp³-hybridized carbons (Fsp3) is 0.222. The van der Waals surface area contributed by atoms with E-state index in [9.17, 15) is 23.1 Å². The number of halogens is 1. The van der Waals surface area contributed by atoms with Gasteiger partial charge >= 0.3 is 0 Å². The molecule has 0 aliphatic rings. The summed E-state index contributed by atoms with van der Waals surface area (Å²) in [7, 11) is -4.32. The van der Waals surface area contributed by atoms with Crippen molar-refractivity contribution < 1.29 is 17.9 Å². The first-order valence-electron chi connectivity index (χ1n) is 8.52. The lowest BCUT2D eigenvalue weighted by molar-refractivity contribution is 0.452. The van der Waals surface area contributed by atoms with Crippen LogP contribution in [-0.2, 0) is 10.0 Å². The molecule has 0 saturated heterocycles. The van der Waals surface area contributed by atoms with Crippen LogP contribution in [0.15, 0.2) is 43.2 Å². The van der Waals surface area contributed by atoms with E-state index in [-0.39, 0.29) is 28.1 Å². The number of sulfonamides is 1. The number of nitrogens with two attached hydrogens (primary N) is 1. The third-order valence-corrected chi connectivity index (χ3v) is 5.78. The van der Waals surface area contributed by atoms with E-state index in [1.807, 2.05) is 6.92 Å². The van der Waals surface area contributed by atoms with Gasteiger partial charge in [0.15, 0.2) is 5.75 Å². The van der Waals surface area contributed by atoms with Crippen LogP contribution in [0, 0.1) is 6.92 Å². The van der Waals surface area contributed by atoms with Crippen molar-refractivity contribution in [3.05, 3.63) is 61.3 Å². The van der Waals surface area contributed by atoms with Gasteiger partial charge < -0.3 is 20.2 Å². The van der Waals surface area contributed by atoms with Crippen molar-refractivity contribution >= 4 is 38.7 Å². The van der Waals surface area contributed by atoms with Gasteiger partial charge in [0.1, 0.15) is 27.8 Å². The summed E-state index contributed by atoms with van der Waals surface area (Å²) >= 11 is 5.81. The number of hydrogen-bond donors (Lipinski definition) is 4. The van der Waals surface area contributed by atoms with Crippen LogP contribution in [0.1, 0.15) is 30.9 Å². The van der Waals surface area contributed by atoms with Crippen LogP contribution in [0.5, 0.6) is 5.75 Å². The van der Waals surface area contributed by atoms with Gasteiger partial charge in [-0.3, -0.25) is 9.59 Å². The lowest BCUT2D eigenvalue weighted by atomic mass is 10.1. The summed E-state index contributed by atoms with van der Waals surface area (Å²) < 4.78 is 28.9. The van der Waals surface area contributed by atoms with Crippen LogP contribution < -0.4 is 26.6 Å². The second-order valence-electron chi connectivity index (χ2n) is 6.40. The number of primary sulfonamides is 1. The van der Waals surface area contributed by atoms with Crippen molar-refractivity contribution in [2.75, 3.05) is 10.6 Å². The first kappa shape index (κ1) is 20.9. The Balaban J connectivity index is 1.96. The van der Waals surface area contributed by atoms with Gasteiger partial charge in [-0.05, 0) is 37.6 Å². The molecule has 0 saturated carbocycles. The van der Waals surface area contributed by atoms with E-state index in [1.54, 1.807) is 19.1 Å². The van der Waals surface area contributed by atoms with Crippen LogP contribution >= 0.6 is 11.6 Å². The molecular weight excluding hydrogens is 422 g/mol. The number of aromatic hydroxyl groups is 1. The lowest BCUT2D eigenvalue weighted by Gasteiger charge is -2.21. The summed E-state index contributed by atoms with van der Waals surface area (Å²) in [6, 6.07) is 5.63. The minimum absolute atomic E-state index is 0.00223. The zero-order valence-corrected chi connectivity index (χ0v) is 17.0. The number of anilines is 3. The number of hydrogen-bond acceptors (Lipinski definition) is 8. The van der Waals surface area contributed by atoms with Crippen LogP contribution in [0.25, 0.3) is 0 Å². The number of nitrogens with one attached hydrogen (secondary N) is 2. The molecule has 9 nitrogen and oxygen atoms in total. The van der Waals surface area contributed by atoms with Crippen molar-refractivity contribution in [1.29, 1.82) is 0 Å². The Morgan fingerprint density at radius 2 is 1.83 bits per heavy atom. The molecule has 154 valence electrons. The average Bonchev–Trinajstić information content (AvgIpc) is 3.07. The van der Waals surface area contributed by atoms with Gasteiger partial charge in [0, 0.05) is 0 Å². The van der Waals surface area contributed by atoms with Crippen molar-refractivity contribution in [1.82, 2.24) is 0 Å². The Labute approximate surface area is 170 Å². The average molecular weight is 440 g/mol. The fourth-order valence-electron chi connectivity index (χ4n) is 2.89. The molecule has 3 rings (SSSR count). The number of rotatable bonds is 7. The fourth-order valence-corrected chi connectivity index (χ4v) is 4.09. The number of phenols is 1. The van der Waals surface area contributed by atoms with Crippen LogP contribution in [-0.4, -0.2) is 13.5 Å². The highest BCUT2D eigenvalue weighted by Gasteiger charge is 2.27. The predicted octanol–water partition coefficient (Wildman–Crippen LogP) is 2.50. The highest BCUT2D eigenvalue weighted by atomic mass is 35.5. The highest BCUT2D eigenvalue weighted by molar-refractivity contribution is 7.89. The van der Waals surface area contributed by atoms with Crippen LogP contribution in [0.2, 0.25) is 5.02 Å². The number of benzene rings is 1. The maximum atomic E-state index is 12.1. The molecule has 11 heteroatoms. The normalized spacial score (nSPS) is 12.8. The van der Waals surface area contributed by atoms with E-state index in [2.05, 4.69) is 10.6 Å². The molecule has 29 heavy (non-hydrogen) atoms. The first-order chi connectivity index (χ1) is 13.5. The van der Waals surface area contributed by atoms with E-state index in [1.165, 1.54) is 12.1 Å². The molecule has 0 unspecified atom stereocenters. The van der Waals surface area contributed by atoms with Gasteiger partial charge in [-0.1, -0.05) is 18.5 Å². The molecule has 1 heterocycles. The largest absolute Gasteiger partial charge is 0.504 e. The molecule has 0 aliphatic heterocycles. The summed E-state index contributed by atoms with van der Waals surface area (Å²) in [5.74, 6) is 0.535. The Morgan fingerprint density at radius 1 is 1.17 bits per heavy atom. The van der Waals surface area contributed by atoms with Gasteiger partial charge in [0.2, 0.25) is 10.0 Å². The van der Waals surface area contributed by atoms with E-state index >= 15 is 0 Å². The van der Waals surface area contributed by atoms with Gasteiger partial charge in [-0.2, -0.15) is 0 Å². The molecule has 0 fully saturated rings. The molecule has 1 atom stereocenters. The van der Waals surface area contributed by atoms with Gasteiger partial charge in [-0.15, -0.1) is 0 Å². The zero-order chi connectivity index (χ0) is 21.5. The van der Waals surface area contributed by atoms with E-state index < -0.39 is 31.5 Å². The molecule has 0 amide bonds. The smallest absolute Gasteiger partial charge is 0.253 e. The molecule has 3 aromatic rings. The Bertz CT molecular complexity index is 1260. The summed E-state index contributed by atoms with van der Waals surface area (Å²) in [4.78, 5) is 23.5. The summed E-state index contributed by atoms with van der Waals surface area (Å²) in [6.45, 7) is 3.66. The second-order valence-corrected chi connectivity index (χ2v) is 8.31. The molecule has 0 radical (unpaired) electrons. The molecule has 0 aliphatic carbocycles. The van der Waals surface area contributed by atoms with Gasteiger partial charge in [-0.25, -0.2) is 13.6 Å². The minimum Gasteiger partial charge on any atom is -0.504 e. The number of furan rings is 1. The molecule has 0 bridgehead atoms. The van der Waals surface area contributed by atoms with Crippen molar-refractivity contribution in [2.45, 2.75) is 31.2 Å². The second kappa shape index (κ2) is 7.54. The van der Waals surface area contributed by atoms with E-state index in [4.69, 9.17) is 21.2 Å². The Hall–Kier alpha value is -2.82. The summed E-state index contributed by atoms with van der Waals surface area (Å²) in [5.41, 5.74) is -1.81. The van der Waals surface area contributed by atoms with Gasteiger partial charge in [0.25, 0.3) is 10.9 Å². The van der Waals surface area contributed by atoms with Crippen LogP contribution in [0.3, 0.4) is 0 Å². The zero-order valence-electron chi connectivity index (χ0n) is 15.4. The number of aryl methyl sites for hydroxylation is 1.